The van der Waals surface area contributed by atoms with Gasteiger partial charge in [-0.15, -0.1) is 0 Å². The van der Waals surface area contributed by atoms with Gasteiger partial charge in [-0.1, -0.05) is 12.1 Å². The number of amides is 1. The lowest BCUT2D eigenvalue weighted by molar-refractivity contribution is -0.114. The van der Waals surface area contributed by atoms with Crippen LogP contribution in [-0.2, 0) is 4.79 Å². The standard InChI is InChI=1S/C13H10ClN5O/c1-7(20)16-9-4-2-3-8(5-9)11-10-6-15-19-12(10)18-13(14)17-11/h2-6H,1H3,(H,16,20)(H,15,17,18,19). The van der Waals surface area contributed by atoms with Crippen molar-refractivity contribution >= 4 is 34.2 Å². The van der Waals surface area contributed by atoms with Gasteiger partial charge in [0.15, 0.2) is 5.65 Å². The molecule has 7 heteroatoms. The van der Waals surface area contributed by atoms with Gasteiger partial charge in [-0.3, -0.25) is 9.89 Å². The summed E-state index contributed by atoms with van der Waals surface area (Å²) in [6, 6.07) is 7.35. The molecule has 0 fully saturated rings. The monoisotopic (exact) mass is 287 g/mol. The number of carbonyl (C=O) groups is 1. The minimum Gasteiger partial charge on any atom is -0.326 e. The second-order valence-electron chi connectivity index (χ2n) is 4.24. The van der Waals surface area contributed by atoms with E-state index in [2.05, 4.69) is 25.5 Å². The number of nitrogens with zero attached hydrogens (tertiary/aromatic N) is 3. The number of fused-ring (bicyclic) bond motifs is 1. The Kier molecular flexibility index (Phi) is 3.08. The second-order valence-corrected chi connectivity index (χ2v) is 4.57. The van der Waals surface area contributed by atoms with E-state index in [0.717, 1.165) is 10.9 Å². The van der Waals surface area contributed by atoms with Gasteiger partial charge in [-0.25, -0.2) is 4.98 Å². The van der Waals surface area contributed by atoms with Crippen LogP contribution in [-0.4, -0.2) is 26.1 Å². The molecule has 0 aliphatic heterocycles. The van der Waals surface area contributed by atoms with Gasteiger partial charge in [0.2, 0.25) is 11.2 Å². The highest BCUT2D eigenvalue weighted by Gasteiger charge is 2.11. The first-order valence-electron chi connectivity index (χ1n) is 5.88. The van der Waals surface area contributed by atoms with Crippen LogP contribution in [0.15, 0.2) is 30.5 Å². The van der Waals surface area contributed by atoms with Crippen molar-refractivity contribution in [1.29, 1.82) is 0 Å². The zero-order chi connectivity index (χ0) is 14.1. The number of aromatic nitrogens is 4. The molecule has 0 bridgehead atoms. The maximum Gasteiger partial charge on any atom is 0.224 e. The van der Waals surface area contributed by atoms with E-state index in [1.165, 1.54) is 6.92 Å². The summed E-state index contributed by atoms with van der Waals surface area (Å²) in [7, 11) is 0. The highest BCUT2D eigenvalue weighted by atomic mass is 35.5. The van der Waals surface area contributed by atoms with E-state index < -0.39 is 0 Å². The molecular formula is C13H10ClN5O. The summed E-state index contributed by atoms with van der Waals surface area (Å²) in [5, 5.41) is 10.4. The normalized spacial score (nSPS) is 10.7. The van der Waals surface area contributed by atoms with Gasteiger partial charge in [0.1, 0.15) is 0 Å². The Morgan fingerprint density at radius 1 is 1.35 bits per heavy atom. The van der Waals surface area contributed by atoms with Crippen molar-refractivity contribution in [3.8, 4) is 11.3 Å². The third-order valence-electron chi connectivity index (χ3n) is 2.74. The predicted octanol–water partition coefficient (Wildman–Crippen LogP) is 2.63. The smallest absolute Gasteiger partial charge is 0.224 e. The lowest BCUT2D eigenvalue weighted by atomic mass is 10.1. The molecule has 0 saturated heterocycles. The second kappa shape index (κ2) is 4.90. The number of nitrogens with one attached hydrogen (secondary N) is 2. The highest BCUT2D eigenvalue weighted by molar-refractivity contribution is 6.28. The molecule has 1 aromatic carbocycles. The lowest BCUT2D eigenvalue weighted by Crippen LogP contribution is -2.05. The van der Waals surface area contributed by atoms with Crippen LogP contribution in [0, 0.1) is 0 Å². The Bertz CT molecular complexity index is 798. The van der Waals surface area contributed by atoms with Crippen LogP contribution < -0.4 is 5.32 Å². The number of aromatic amines is 1. The van der Waals surface area contributed by atoms with Crippen molar-refractivity contribution in [2.45, 2.75) is 6.92 Å². The minimum atomic E-state index is -0.128. The summed E-state index contributed by atoms with van der Waals surface area (Å²) in [5.41, 5.74) is 2.76. The number of rotatable bonds is 2. The van der Waals surface area contributed by atoms with Crippen LogP contribution in [0.5, 0.6) is 0 Å². The maximum absolute atomic E-state index is 11.1. The third kappa shape index (κ3) is 2.33. The fourth-order valence-electron chi connectivity index (χ4n) is 1.98. The van der Waals surface area contributed by atoms with Gasteiger partial charge in [0.05, 0.1) is 17.3 Å². The fourth-order valence-corrected chi connectivity index (χ4v) is 2.14. The van der Waals surface area contributed by atoms with Crippen molar-refractivity contribution in [2.75, 3.05) is 5.32 Å². The van der Waals surface area contributed by atoms with Crippen LogP contribution >= 0.6 is 11.6 Å². The molecule has 2 aromatic heterocycles. The molecule has 3 aromatic rings. The molecule has 2 heterocycles. The molecule has 0 saturated carbocycles. The van der Waals surface area contributed by atoms with E-state index in [4.69, 9.17) is 11.6 Å². The molecule has 20 heavy (non-hydrogen) atoms. The van der Waals surface area contributed by atoms with Crippen molar-refractivity contribution in [3.63, 3.8) is 0 Å². The van der Waals surface area contributed by atoms with Crippen LogP contribution in [0.2, 0.25) is 5.28 Å². The number of hydrogen-bond acceptors (Lipinski definition) is 4. The number of anilines is 1. The lowest BCUT2D eigenvalue weighted by Gasteiger charge is -2.06. The van der Waals surface area contributed by atoms with E-state index >= 15 is 0 Å². The van der Waals surface area contributed by atoms with Crippen LogP contribution in [0.4, 0.5) is 5.69 Å². The van der Waals surface area contributed by atoms with Crippen molar-refractivity contribution in [1.82, 2.24) is 20.2 Å². The summed E-state index contributed by atoms with van der Waals surface area (Å²) >= 11 is 5.92. The molecule has 0 aliphatic rings. The zero-order valence-electron chi connectivity index (χ0n) is 10.5. The number of benzene rings is 1. The fraction of sp³-hybridized carbons (Fsp3) is 0.0769. The van der Waals surface area contributed by atoms with Crippen LogP contribution in [0.25, 0.3) is 22.3 Å². The van der Waals surface area contributed by atoms with E-state index in [9.17, 15) is 4.79 Å². The van der Waals surface area contributed by atoms with Crippen molar-refractivity contribution in [2.24, 2.45) is 0 Å². The van der Waals surface area contributed by atoms with Gasteiger partial charge >= 0.3 is 0 Å². The summed E-state index contributed by atoms with van der Waals surface area (Å²) < 4.78 is 0. The summed E-state index contributed by atoms with van der Waals surface area (Å²) in [5.74, 6) is -0.128. The largest absolute Gasteiger partial charge is 0.326 e. The first kappa shape index (κ1) is 12.6. The van der Waals surface area contributed by atoms with Gasteiger partial charge in [-0.05, 0) is 23.7 Å². The third-order valence-corrected chi connectivity index (χ3v) is 2.91. The summed E-state index contributed by atoms with van der Waals surface area (Å²) in [4.78, 5) is 19.4. The molecule has 6 nitrogen and oxygen atoms in total. The summed E-state index contributed by atoms with van der Waals surface area (Å²) in [6.45, 7) is 1.46. The number of carbonyl (C=O) groups excluding carboxylic acids is 1. The van der Waals surface area contributed by atoms with Gasteiger partial charge < -0.3 is 5.32 Å². The molecule has 0 unspecified atom stereocenters. The molecule has 0 atom stereocenters. The van der Waals surface area contributed by atoms with Crippen LogP contribution in [0.1, 0.15) is 6.92 Å². The highest BCUT2D eigenvalue weighted by Crippen LogP contribution is 2.27. The Morgan fingerprint density at radius 2 is 2.20 bits per heavy atom. The first-order valence-corrected chi connectivity index (χ1v) is 6.26. The molecule has 1 amide bonds. The zero-order valence-corrected chi connectivity index (χ0v) is 11.3. The number of hydrogen-bond donors (Lipinski definition) is 2. The maximum atomic E-state index is 11.1. The topological polar surface area (TPSA) is 83.6 Å². The summed E-state index contributed by atoms with van der Waals surface area (Å²) in [6.07, 6.45) is 1.64. The Balaban J connectivity index is 2.15. The Labute approximate surface area is 119 Å². The van der Waals surface area contributed by atoms with Crippen molar-refractivity contribution in [3.05, 3.63) is 35.7 Å². The van der Waals surface area contributed by atoms with Crippen LogP contribution in [0.3, 0.4) is 0 Å². The molecule has 2 N–H and O–H groups in total. The Morgan fingerprint density at radius 3 is 3.00 bits per heavy atom. The van der Waals surface area contributed by atoms with E-state index in [0.29, 0.717) is 17.0 Å². The number of H-pyrrole nitrogens is 1. The molecule has 0 spiro atoms. The van der Waals surface area contributed by atoms with Gasteiger partial charge in [-0.2, -0.15) is 10.1 Å². The van der Waals surface area contributed by atoms with Gasteiger partial charge in [0, 0.05) is 18.2 Å². The Hall–Kier alpha value is -2.47. The average molecular weight is 288 g/mol. The molecule has 100 valence electrons. The van der Waals surface area contributed by atoms with Crippen molar-refractivity contribution < 1.29 is 4.79 Å². The number of halogens is 1. The quantitative estimate of drug-likeness (QED) is 0.710. The molecule has 0 aliphatic carbocycles. The van der Waals surface area contributed by atoms with E-state index in [1.807, 2.05) is 18.2 Å². The minimum absolute atomic E-state index is 0.128. The predicted molar refractivity (Wildman–Crippen MR) is 76.4 cm³/mol. The van der Waals surface area contributed by atoms with E-state index in [-0.39, 0.29) is 11.2 Å². The SMILES string of the molecule is CC(=O)Nc1cccc(-c2nc(Cl)nc3[nH]ncc23)c1. The molecular weight excluding hydrogens is 278 g/mol. The average Bonchev–Trinajstić information content (AvgIpc) is 2.85. The van der Waals surface area contributed by atoms with E-state index in [1.54, 1.807) is 12.3 Å². The molecule has 3 rings (SSSR count). The first-order chi connectivity index (χ1) is 9.63. The van der Waals surface area contributed by atoms with Gasteiger partial charge in [0.25, 0.3) is 0 Å². The molecule has 0 radical (unpaired) electrons.